The van der Waals surface area contributed by atoms with Gasteiger partial charge in [-0.1, -0.05) is 12.1 Å². The predicted molar refractivity (Wildman–Crippen MR) is 106 cm³/mol. The number of nitrogens with one attached hydrogen (secondary N) is 1. The van der Waals surface area contributed by atoms with Crippen LogP contribution in [0.3, 0.4) is 0 Å². The molecule has 0 fully saturated rings. The van der Waals surface area contributed by atoms with Gasteiger partial charge in [-0.3, -0.25) is 4.98 Å². The first-order valence-corrected chi connectivity index (χ1v) is 8.97. The lowest BCUT2D eigenvalue weighted by Gasteiger charge is -2.14. The van der Waals surface area contributed by atoms with Crippen molar-refractivity contribution in [1.29, 1.82) is 0 Å². The van der Waals surface area contributed by atoms with Gasteiger partial charge in [0.15, 0.2) is 0 Å². The Morgan fingerprint density at radius 1 is 1.07 bits per heavy atom. The third-order valence-electron chi connectivity index (χ3n) is 4.30. The molecule has 28 heavy (non-hydrogen) atoms. The van der Waals surface area contributed by atoms with Crippen LogP contribution < -0.4 is 5.32 Å². The lowest BCUT2D eigenvalue weighted by Crippen LogP contribution is -2.19. The SMILES string of the molecule is C[C@@H](Cc1ccncc1)Nc1nccc(-c2cnn(-c3ccccc3F)c2)n1. The molecule has 140 valence electrons. The number of hydrogen-bond acceptors (Lipinski definition) is 5. The second kappa shape index (κ2) is 7.96. The quantitative estimate of drug-likeness (QED) is 0.554. The van der Waals surface area contributed by atoms with Gasteiger partial charge in [-0.15, -0.1) is 0 Å². The van der Waals surface area contributed by atoms with Gasteiger partial charge in [0.25, 0.3) is 0 Å². The lowest BCUT2D eigenvalue weighted by molar-refractivity contribution is 0.611. The Morgan fingerprint density at radius 2 is 1.89 bits per heavy atom. The van der Waals surface area contributed by atoms with Crippen molar-refractivity contribution in [3.63, 3.8) is 0 Å². The zero-order valence-electron chi connectivity index (χ0n) is 15.3. The van der Waals surface area contributed by atoms with Crippen LogP contribution in [0, 0.1) is 5.82 Å². The lowest BCUT2D eigenvalue weighted by atomic mass is 10.1. The molecule has 0 radical (unpaired) electrons. The van der Waals surface area contributed by atoms with Crippen molar-refractivity contribution >= 4 is 5.95 Å². The van der Waals surface area contributed by atoms with E-state index in [1.54, 1.807) is 55.2 Å². The molecule has 6 nitrogen and oxygen atoms in total. The van der Waals surface area contributed by atoms with Crippen LogP contribution in [0.1, 0.15) is 12.5 Å². The molecular formula is C21H19FN6. The van der Waals surface area contributed by atoms with Gasteiger partial charge in [-0.25, -0.2) is 19.0 Å². The number of nitrogens with zero attached hydrogens (tertiary/aromatic N) is 5. The molecule has 0 aliphatic rings. The van der Waals surface area contributed by atoms with E-state index in [9.17, 15) is 4.39 Å². The second-order valence-corrected chi connectivity index (χ2v) is 6.50. The summed E-state index contributed by atoms with van der Waals surface area (Å²) in [6.07, 6.45) is 9.52. The highest BCUT2D eigenvalue weighted by atomic mass is 19.1. The first kappa shape index (κ1) is 17.8. The first-order valence-electron chi connectivity index (χ1n) is 8.97. The number of hydrogen-bond donors (Lipinski definition) is 1. The average molecular weight is 374 g/mol. The van der Waals surface area contributed by atoms with E-state index in [1.165, 1.54) is 16.3 Å². The Hall–Kier alpha value is -3.61. The van der Waals surface area contributed by atoms with Gasteiger partial charge < -0.3 is 5.32 Å². The number of para-hydroxylation sites is 1. The minimum absolute atomic E-state index is 0.152. The van der Waals surface area contributed by atoms with Gasteiger partial charge in [0, 0.05) is 36.4 Å². The zero-order chi connectivity index (χ0) is 19.3. The molecule has 0 saturated carbocycles. The second-order valence-electron chi connectivity index (χ2n) is 6.50. The van der Waals surface area contributed by atoms with Crippen molar-refractivity contribution in [3.8, 4) is 16.9 Å². The topological polar surface area (TPSA) is 68.5 Å². The summed E-state index contributed by atoms with van der Waals surface area (Å²) in [5.74, 6) is 0.213. The van der Waals surface area contributed by atoms with Gasteiger partial charge in [0.1, 0.15) is 11.5 Å². The van der Waals surface area contributed by atoms with Crippen molar-refractivity contribution in [2.75, 3.05) is 5.32 Å². The van der Waals surface area contributed by atoms with Crippen LogP contribution in [0.4, 0.5) is 10.3 Å². The highest BCUT2D eigenvalue weighted by Crippen LogP contribution is 2.20. The molecule has 1 aromatic carbocycles. The Balaban J connectivity index is 1.50. The largest absolute Gasteiger partial charge is 0.351 e. The molecule has 0 spiro atoms. The molecule has 0 aliphatic carbocycles. The number of rotatable bonds is 6. The molecule has 0 unspecified atom stereocenters. The summed E-state index contributed by atoms with van der Waals surface area (Å²) in [6, 6.07) is 12.5. The summed E-state index contributed by atoms with van der Waals surface area (Å²) in [7, 11) is 0. The standard InChI is InChI=1S/C21H19FN6/c1-15(12-16-6-9-23-10-7-16)26-21-24-11-8-19(27-21)17-13-25-28(14-17)20-5-3-2-4-18(20)22/h2-11,13-15H,12H2,1H3,(H,24,26,27)/t15-/m0/s1. The van der Waals surface area contributed by atoms with E-state index in [4.69, 9.17) is 0 Å². The summed E-state index contributed by atoms with van der Waals surface area (Å²) in [4.78, 5) is 12.9. The van der Waals surface area contributed by atoms with E-state index >= 15 is 0 Å². The molecule has 1 N–H and O–H groups in total. The number of halogens is 1. The summed E-state index contributed by atoms with van der Waals surface area (Å²) >= 11 is 0. The van der Waals surface area contributed by atoms with Crippen LogP contribution in [-0.4, -0.2) is 30.8 Å². The minimum atomic E-state index is -0.327. The molecule has 4 aromatic rings. The van der Waals surface area contributed by atoms with Gasteiger partial charge >= 0.3 is 0 Å². The summed E-state index contributed by atoms with van der Waals surface area (Å²) in [6.45, 7) is 2.08. The van der Waals surface area contributed by atoms with E-state index in [-0.39, 0.29) is 11.9 Å². The van der Waals surface area contributed by atoms with Crippen molar-refractivity contribution in [3.05, 3.63) is 84.8 Å². The average Bonchev–Trinajstić information content (AvgIpc) is 3.19. The summed E-state index contributed by atoms with van der Waals surface area (Å²) in [5, 5.41) is 7.58. The number of anilines is 1. The van der Waals surface area contributed by atoms with Crippen LogP contribution in [-0.2, 0) is 6.42 Å². The van der Waals surface area contributed by atoms with Gasteiger partial charge in [-0.2, -0.15) is 5.10 Å². The number of benzene rings is 1. The molecule has 4 rings (SSSR count). The van der Waals surface area contributed by atoms with Crippen molar-refractivity contribution in [2.24, 2.45) is 0 Å². The Labute approximate surface area is 162 Å². The highest BCUT2D eigenvalue weighted by molar-refractivity contribution is 5.59. The normalized spacial score (nSPS) is 11.9. The van der Waals surface area contributed by atoms with Crippen LogP contribution in [0.25, 0.3) is 16.9 Å². The number of pyridine rings is 1. The van der Waals surface area contributed by atoms with Crippen LogP contribution in [0.5, 0.6) is 0 Å². The summed E-state index contributed by atoms with van der Waals surface area (Å²) in [5.41, 5.74) is 3.09. The molecular weight excluding hydrogens is 355 g/mol. The molecule has 0 aliphatic heterocycles. The summed E-state index contributed by atoms with van der Waals surface area (Å²) < 4.78 is 15.5. The molecule has 3 aromatic heterocycles. The van der Waals surface area contributed by atoms with Crippen molar-refractivity contribution in [1.82, 2.24) is 24.7 Å². The highest BCUT2D eigenvalue weighted by Gasteiger charge is 2.10. The zero-order valence-corrected chi connectivity index (χ0v) is 15.3. The molecule has 0 bridgehead atoms. The van der Waals surface area contributed by atoms with Crippen LogP contribution in [0.15, 0.2) is 73.4 Å². The third-order valence-corrected chi connectivity index (χ3v) is 4.30. The van der Waals surface area contributed by atoms with E-state index in [0.29, 0.717) is 11.6 Å². The first-order chi connectivity index (χ1) is 13.7. The van der Waals surface area contributed by atoms with E-state index < -0.39 is 0 Å². The molecule has 3 heterocycles. The molecule has 0 amide bonds. The molecule has 0 saturated heterocycles. The van der Waals surface area contributed by atoms with Gasteiger partial charge in [0.05, 0.1) is 11.9 Å². The number of aromatic nitrogens is 5. The van der Waals surface area contributed by atoms with Gasteiger partial charge in [-0.05, 0) is 49.2 Å². The van der Waals surface area contributed by atoms with E-state index in [2.05, 4.69) is 32.3 Å². The van der Waals surface area contributed by atoms with E-state index in [0.717, 1.165) is 17.7 Å². The predicted octanol–water partition coefficient (Wildman–Crippen LogP) is 3.91. The Bertz CT molecular complexity index is 1060. The minimum Gasteiger partial charge on any atom is -0.351 e. The Kier molecular flexibility index (Phi) is 5.05. The maximum absolute atomic E-state index is 14.0. The monoisotopic (exact) mass is 374 g/mol. The van der Waals surface area contributed by atoms with Crippen LogP contribution >= 0.6 is 0 Å². The maximum Gasteiger partial charge on any atom is 0.223 e. The Morgan fingerprint density at radius 3 is 2.71 bits per heavy atom. The van der Waals surface area contributed by atoms with Gasteiger partial charge in [0.2, 0.25) is 5.95 Å². The fourth-order valence-electron chi connectivity index (χ4n) is 2.96. The van der Waals surface area contributed by atoms with E-state index in [1.807, 2.05) is 12.1 Å². The maximum atomic E-state index is 14.0. The van der Waals surface area contributed by atoms with Crippen molar-refractivity contribution in [2.45, 2.75) is 19.4 Å². The molecule has 7 heteroatoms. The fraction of sp³-hybridized carbons (Fsp3) is 0.143. The smallest absolute Gasteiger partial charge is 0.223 e. The van der Waals surface area contributed by atoms with Crippen molar-refractivity contribution < 1.29 is 4.39 Å². The fourth-order valence-corrected chi connectivity index (χ4v) is 2.96. The third kappa shape index (κ3) is 4.03. The van der Waals surface area contributed by atoms with Crippen LogP contribution in [0.2, 0.25) is 0 Å². The molecule has 1 atom stereocenters.